The highest BCUT2D eigenvalue weighted by Gasteiger charge is 2.65. The number of hydrogen-bond acceptors (Lipinski definition) is 6. The highest BCUT2D eigenvalue weighted by atomic mass is 35.5. The van der Waals surface area contributed by atoms with Crippen LogP contribution in [0.25, 0.3) is 0 Å². The zero-order valence-corrected chi connectivity index (χ0v) is 20.7. The van der Waals surface area contributed by atoms with E-state index in [-0.39, 0.29) is 0 Å². The summed E-state index contributed by atoms with van der Waals surface area (Å²) in [6.45, 7) is 5.11. The molecule has 0 aliphatic carbocycles. The maximum absolute atomic E-state index is 13.6. The Kier molecular flexibility index (Phi) is 6.34. The average Bonchev–Trinajstić information content (AvgIpc) is 2.73. The first-order valence-electron chi connectivity index (χ1n) is 9.38. The van der Waals surface area contributed by atoms with Gasteiger partial charge in [0, 0.05) is 0 Å². The number of alkyl halides is 1. The second kappa shape index (κ2) is 8.30. The van der Waals surface area contributed by atoms with Gasteiger partial charge in [-0.3, -0.25) is 0 Å². The molecule has 0 spiro atoms. The number of aryl methyl sites for hydroxylation is 3. The van der Waals surface area contributed by atoms with Gasteiger partial charge in [0.2, 0.25) is 29.5 Å². The summed E-state index contributed by atoms with van der Waals surface area (Å²) in [4.78, 5) is -1.57. The lowest BCUT2D eigenvalue weighted by molar-refractivity contribution is 0.567. The van der Waals surface area contributed by atoms with Crippen molar-refractivity contribution in [2.24, 2.45) is 0 Å². The van der Waals surface area contributed by atoms with Gasteiger partial charge in [-0.15, -0.1) is 0 Å². The van der Waals surface area contributed by atoms with Crippen LogP contribution in [0.4, 0.5) is 0 Å². The molecule has 10 heteroatoms. The Balaban J connectivity index is 2.42. The lowest BCUT2D eigenvalue weighted by Gasteiger charge is -2.27. The van der Waals surface area contributed by atoms with Crippen LogP contribution in [0.2, 0.25) is 0 Å². The van der Waals surface area contributed by atoms with Crippen LogP contribution in [0.1, 0.15) is 16.7 Å². The van der Waals surface area contributed by atoms with Gasteiger partial charge in [0.1, 0.15) is 0 Å². The summed E-state index contributed by atoms with van der Waals surface area (Å²) in [6, 6.07) is 15.4. The molecule has 0 amide bonds. The molecule has 32 heavy (non-hydrogen) atoms. The van der Waals surface area contributed by atoms with E-state index < -0.39 is 47.1 Å². The largest absolute Gasteiger partial charge is 0.357 e. The van der Waals surface area contributed by atoms with Gasteiger partial charge < -0.3 is 0 Å². The normalized spacial score (nSPS) is 13.1. The van der Waals surface area contributed by atoms with Crippen molar-refractivity contribution in [1.82, 2.24) is 0 Å². The van der Waals surface area contributed by atoms with E-state index in [0.717, 1.165) is 36.4 Å². The van der Waals surface area contributed by atoms with Crippen molar-refractivity contribution in [3.05, 3.63) is 89.5 Å². The summed E-state index contributed by atoms with van der Waals surface area (Å²) in [6.07, 6.45) is 0. The van der Waals surface area contributed by atoms with Gasteiger partial charge in [0.25, 0.3) is 0 Å². The van der Waals surface area contributed by atoms with Crippen LogP contribution in [-0.2, 0) is 29.5 Å². The quantitative estimate of drug-likeness (QED) is 0.459. The van der Waals surface area contributed by atoms with Gasteiger partial charge in [-0.25, -0.2) is 25.3 Å². The first kappa shape index (κ1) is 24.4. The minimum atomic E-state index is -5.16. The van der Waals surface area contributed by atoms with Gasteiger partial charge in [0.15, 0.2) is 0 Å². The zero-order chi connectivity index (χ0) is 23.9. The SMILES string of the molecule is Cc1ccc(S(=O)(=O)C(Cl)(S(=O)(=O)c2ccc(C)cc2)S(=O)(=O)c2ccc(C)cc2)cc1. The van der Waals surface area contributed by atoms with E-state index in [0.29, 0.717) is 16.7 Å². The van der Waals surface area contributed by atoms with E-state index in [1.165, 1.54) is 36.4 Å². The van der Waals surface area contributed by atoms with E-state index in [1.54, 1.807) is 20.8 Å². The Bertz CT molecular complexity index is 1270. The minimum Gasteiger partial charge on any atom is -0.220 e. The van der Waals surface area contributed by atoms with Gasteiger partial charge in [-0.2, -0.15) is 0 Å². The fourth-order valence-corrected chi connectivity index (χ4v) is 11.3. The number of halogens is 1. The molecule has 3 rings (SSSR count). The van der Waals surface area contributed by atoms with Crippen molar-refractivity contribution in [2.45, 2.75) is 38.3 Å². The van der Waals surface area contributed by atoms with Crippen LogP contribution in [0.3, 0.4) is 0 Å². The fourth-order valence-electron chi connectivity index (χ4n) is 3.01. The van der Waals surface area contributed by atoms with Crippen molar-refractivity contribution in [3.63, 3.8) is 0 Å². The van der Waals surface area contributed by atoms with Crippen LogP contribution < -0.4 is 0 Å². The molecule has 0 bridgehead atoms. The molecular weight excluding hydrogens is 492 g/mol. The molecule has 0 aliphatic rings. The highest BCUT2D eigenvalue weighted by Crippen LogP contribution is 2.46. The maximum atomic E-state index is 13.6. The molecule has 0 saturated carbocycles. The Morgan fingerprint density at radius 2 is 0.656 bits per heavy atom. The van der Waals surface area contributed by atoms with Crippen LogP contribution in [0.15, 0.2) is 87.5 Å². The van der Waals surface area contributed by atoms with Crippen molar-refractivity contribution < 1.29 is 25.3 Å². The maximum Gasteiger partial charge on any atom is 0.357 e. The third kappa shape index (κ3) is 3.77. The number of rotatable bonds is 6. The molecule has 0 saturated heterocycles. The zero-order valence-electron chi connectivity index (χ0n) is 17.5. The topological polar surface area (TPSA) is 102 Å². The summed E-state index contributed by atoms with van der Waals surface area (Å²) in [5.41, 5.74) is 2.10. The van der Waals surface area contributed by atoms with E-state index in [2.05, 4.69) is 0 Å². The highest BCUT2D eigenvalue weighted by molar-refractivity contribution is 8.28. The molecule has 170 valence electrons. The van der Waals surface area contributed by atoms with Crippen LogP contribution >= 0.6 is 11.6 Å². The van der Waals surface area contributed by atoms with E-state index >= 15 is 0 Å². The van der Waals surface area contributed by atoms with Crippen molar-refractivity contribution in [2.75, 3.05) is 0 Å². The summed E-state index contributed by atoms with van der Waals surface area (Å²) < 4.78 is 78.2. The molecular formula is C22H21ClO6S3. The number of hydrogen-bond donors (Lipinski definition) is 0. The molecule has 0 heterocycles. The Morgan fingerprint density at radius 3 is 0.844 bits per heavy atom. The third-order valence-corrected chi connectivity index (χ3v) is 15.3. The second-order valence-corrected chi connectivity index (χ2v) is 15.7. The molecule has 0 aromatic heterocycles. The summed E-state index contributed by atoms with van der Waals surface area (Å²) in [5.74, 6) is 0. The molecule has 0 fully saturated rings. The molecule has 0 radical (unpaired) electrons. The minimum absolute atomic E-state index is 0.524. The standard InChI is InChI=1S/C22H21ClO6S3/c1-16-4-10-19(11-5-16)30(24,25)22(23,31(26,27)20-12-6-17(2)7-13-20)32(28,29)21-14-8-18(3)9-15-21/h4-15H,1-3H3. The van der Waals surface area contributed by atoms with Crippen molar-refractivity contribution in [1.29, 1.82) is 0 Å². The molecule has 0 unspecified atom stereocenters. The predicted octanol–water partition coefficient (Wildman–Crippen LogP) is 4.18. The average molecular weight is 513 g/mol. The van der Waals surface area contributed by atoms with Gasteiger partial charge >= 0.3 is 2.87 Å². The van der Waals surface area contributed by atoms with Crippen molar-refractivity contribution in [3.8, 4) is 0 Å². The monoisotopic (exact) mass is 512 g/mol. The number of benzene rings is 3. The summed E-state index contributed by atoms with van der Waals surface area (Å²) >= 11 is 6.37. The predicted molar refractivity (Wildman–Crippen MR) is 124 cm³/mol. The molecule has 3 aromatic rings. The Morgan fingerprint density at radius 1 is 0.469 bits per heavy atom. The third-order valence-electron chi connectivity index (χ3n) is 4.96. The van der Waals surface area contributed by atoms with Gasteiger partial charge in [0.05, 0.1) is 14.7 Å². The summed E-state index contributed by atoms with van der Waals surface area (Å²) in [7, 11) is -15.5. The van der Waals surface area contributed by atoms with Crippen LogP contribution in [0.5, 0.6) is 0 Å². The number of sulfone groups is 3. The molecule has 0 N–H and O–H groups in total. The molecule has 6 nitrogen and oxygen atoms in total. The van der Waals surface area contributed by atoms with Gasteiger partial charge in [-0.1, -0.05) is 64.7 Å². The van der Waals surface area contributed by atoms with Crippen molar-refractivity contribution >= 4 is 41.1 Å². The van der Waals surface area contributed by atoms with E-state index in [4.69, 9.17) is 11.6 Å². The first-order valence-corrected chi connectivity index (χ1v) is 14.2. The molecule has 3 aromatic carbocycles. The molecule has 0 aliphatic heterocycles. The second-order valence-electron chi connectivity index (χ2n) is 7.43. The fraction of sp³-hybridized carbons (Fsp3) is 0.182. The Hall–Kier alpha value is -2.20. The lowest BCUT2D eigenvalue weighted by Crippen LogP contribution is -2.48. The van der Waals surface area contributed by atoms with E-state index in [1.807, 2.05) is 0 Å². The summed E-state index contributed by atoms with van der Waals surface area (Å²) in [5, 5.41) is 0. The smallest absolute Gasteiger partial charge is 0.220 e. The molecule has 0 atom stereocenters. The first-order chi connectivity index (χ1) is 14.7. The Labute approximate surface area is 193 Å². The lowest BCUT2D eigenvalue weighted by atomic mass is 10.2. The van der Waals surface area contributed by atoms with Crippen LogP contribution in [-0.4, -0.2) is 28.1 Å². The van der Waals surface area contributed by atoms with Crippen LogP contribution in [0, 0.1) is 20.8 Å². The van der Waals surface area contributed by atoms with E-state index in [9.17, 15) is 25.3 Å². The van der Waals surface area contributed by atoms with Gasteiger partial charge in [-0.05, 0) is 57.2 Å².